The minimum Gasteiger partial charge on any atom is -0.493 e. The molecule has 0 fully saturated rings. The zero-order chi connectivity index (χ0) is 20.9. The van der Waals surface area contributed by atoms with Crippen LogP contribution in [0.3, 0.4) is 0 Å². The monoisotopic (exact) mass is 400 g/mol. The topological polar surface area (TPSA) is 64.4 Å². The van der Waals surface area contributed by atoms with Crippen LogP contribution in [0, 0.1) is 5.92 Å². The zero-order valence-corrected chi connectivity index (χ0v) is 17.1. The van der Waals surface area contributed by atoms with Gasteiger partial charge in [-0.05, 0) is 53.9 Å². The lowest BCUT2D eigenvalue weighted by Gasteiger charge is -2.09. The minimum absolute atomic E-state index is 0.183. The number of oxazole rings is 1. The van der Waals surface area contributed by atoms with Crippen LogP contribution >= 0.6 is 0 Å². The summed E-state index contributed by atoms with van der Waals surface area (Å²) in [5.41, 5.74) is 3.80. The number of nitrogens with zero attached hydrogens (tertiary/aromatic N) is 1. The maximum absolute atomic E-state index is 12.6. The number of carbonyl (C=O) groups excluding carboxylic acids is 1. The van der Waals surface area contributed by atoms with E-state index in [4.69, 9.17) is 9.15 Å². The molecule has 4 rings (SSSR count). The van der Waals surface area contributed by atoms with Gasteiger partial charge in [-0.1, -0.05) is 44.2 Å². The Balaban J connectivity index is 1.43. The molecule has 0 atom stereocenters. The quantitative estimate of drug-likeness (QED) is 0.432. The molecule has 1 N–H and O–H groups in total. The van der Waals surface area contributed by atoms with E-state index in [0.29, 0.717) is 41.7 Å². The van der Waals surface area contributed by atoms with E-state index in [1.165, 1.54) is 0 Å². The predicted molar refractivity (Wildman–Crippen MR) is 118 cm³/mol. The first-order valence-electron chi connectivity index (χ1n) is 10.0. The third kappa shape index (κ3) is 4.87. The number of carbonyl (C=O) groups is 1. The van der Waals surface area contributed by atoms with Crippen molar-refractivity contribution in [2.75, 3.05) is 11.9 Å². The third-order valence-electron chi connectivity index (χ3n) is 4.59. The van der Waals surface area contributed by atoms with E-state index < -0.39 is 0 Å². The molecule has 5 nitrogen and oxygen atoms in total. The van der Waals surface area contributed by atoms with Crippen LogP contribution in [0.25, 0.3) is 11.1 Å². The number of nitrogens with one attached hydrogen (secondary N) is 1. The summed E-state index contributed by atoms with van der Waals surface area (Å²) in [7, 11) is 0. The summed E-state index contributed by atoms with van der Waals surface area (Å²) in [6.07, 6.45) is 0.627. The summed E-state index contributed by atoms with van der Waals surface area (Å²) in [6.45, 7) is 4.84. The molecule has 0 aliphatic rings. The molecule has 5 heteroatoms. The Hall–Kier alpha value is -3.60. The number of ether oxygens (including phenoxy) is 1. The summed E-state index contributed by atoms with van der Waals surface area (Å²) < 4.78 is 11.5. The van der Waals surface area contributed by atoms with E-state index in [-0.39, 0.29) is 5.91 Å². The Morgan fingerprint density at radius 2 is 1.80 bits per heavy atom. The van der Waals surface area contributed by atoms with Crippen molar-refractivity contribution in [3.05, 3.63) is 89.8 Å². The van der Waals surface area contributed by atoms with Gasteiger partial charge in [-0.2, -0.15) is 0 Å². The van der Waals surface area contributed by atoms with Gasteiger partial charge in [-0.15, -0.1) is 0 Å². The van der Waals surface area contributed by atoms with Crippen LogP contribution < -0.4 is 10.1 Å². The lowest BCUT2D eigenvalue weighted by molar-refractivity contribution is 0.102. The highest BCUT2D eigenvalue weighted by Gasteiger charge is 2.10. The fraction of sp³-hybridized carbons (Fsp3) is 0.200. The molecule has 3 aromatic carbocycles. The van der Waals surface area contributed by atoms with E-state index in [1.54, 1.807) is 12.1 Å². The van der Waals surface area contributed by atoms with Crippen molar-refractivity contribution >= 4 is 22.7 Å². The van der Waals surface area contributed by atoms with Gasteiger partial charge in [0, 0.05) is 17.7 Å². The first-order chi connectivity index (χ1) is 14.6. The third-order valence-corrected chi connectivity index (χ3v) is 4.59. The molecule has 1 aromatic heterocycles. The SMILES string of the molecule is CC(C)COc1ccc(C(=O)Nc2ccc3oc(Cc4ccccc4)nc3c2)cc1. The van der Waals surface area contributed by atoms with Crippen LogP contribution in [0.5, 0.6) is 5.75 Å². The highest BCUT2D eigenvalue weighted by molar-refractivity contribution is 6.04. The first-order valence-corrected chi connectivity index (χ1v) is 10.0. The number of fused-ring (bicyclic) bond motifs is 1. The van der Waals surface area contributed by atoms with Gasteiger partial charge in [-0.3, -0.25) is 4.79 Å². The minimum atomic E-state index is -0.183. The summed E-state index contributed by atoms with van der Waals surface area (Å²) in [5.74, 6) is 1.68. The highest BCUT2D eigenvalue weighted by atomic mass is 16.5. The number of hydrogen-bond acceptors (Lipinski definition) is 4. The van der Waals surface area contributed by atoms with Gasteiger partial charge in [0.05, 0.1) is 6.61 Å². The van der Waals surface area contributed by atoms with E-state index >= 15 is 0 Å². The van der Waals surface area contributed by atoms with E-state index in [2.05, 4.69) is 24.1 Å². The summed E-state index contributed by atoms with van der Waals surface area (Å²) >= 11 is 0. The molecule has 0 aliphatic heterocycles. The Morgan fingerprint density at radius 1 is 1.03 bits per heavy atom. The molecule has 0 radical (unpaired) electrons. The van der Waals surface area contributed by atoms with E-state index in [9.17, 15) is 4.79 Å². The number of anilines is 1. The van der Waals surface area contributed by atoms with Gasteiger partial charge in [0.15, 0.2) is 11.5 Å². The second-order valence-corrected chi connectivity index (χ2v) is 7.64. The second kappa shape index (κ2) is 8.82. The van der Waals surface area contributed by atoms with Crippen molar-refractivity contribution in [1.29, 1.82) is 0 Å². The molecule has 0 saturated carbocycles. The average molecular weight is 400 g/mol. The van der Waals surface area contributed by atoms with Crippen molar-refractivity contribution in [3.63, 3.8) is 0 Å². The van der Waals surface area contributed by atoms with Crippen LogP contribution in [-0.2, 0) is 6.42 Å². The molecular formula is C25H24N2O3. The molecule has 0 unspecified atom stereocenters. The van der Waals surface area contributed by atoms with Gasteiger partial charge in [0.1, 0.15) is 11.3 Å². The Kier molecular flexibility index (Phi) is 5.80. The Bertz CT molecular complexity index is 1130. The average Bonchev–Trinajstić information content (AvgIpc) is 3.14. The predicted octanol–water partition coefficient (Wildman–Crippen LogP) is 5.71. The molecule has 0 spiro atoms. The molecule has 0 saturated heterocycles. The fourth-order valence-electron chi connectivity index (χ4n) is 3.07. The van der Waals surface area contributed by atoms with E-state index in [1.807, 2.05) is 60.7 Å². The number of aromatic nitrogens is 1. The van der Waals surface area contributed by atoms with Gasteiger partial charge in [0.25, 0.3) is 5.91 Å². The van der Waals surface area contributed by atoms with Crippen molar-refractivity contribution < 1.29 is 13.9 Å². The Labute approximate surface area is 175 Å². The Morgan fingerprint density at radius 3 is 2.53 bits per heavy atom. The highest BCUT2D eigenvalue weighted by Crippen LogP contribution is 2.22. The van der Waals surface area contributed by atoms with Crippen molar-refractivity contribution in [2.24, 2.45) is 5.92 Å². The number of amides is 1. The van der Waals surface area contributed by atoms with Crippen LogP contribution in [0.2, 0.25) is 0 Å². The summed E-state index contributed by atoms with van der Waals surface area (Å²) in [5, 5.41) is 2.92. The molecule has 0 aliphatic carbocycles. The number of hydrogen-bond donors (Lipinski definition) is 1. The van der Waals surface area contributed by atoms with Crippen LogP contribution in [0.1, 0.15) is 35.7 Å². The number of benzene rings is 3. The summed E-state index contributed by atoms with van der Waals surface area (Å²) in [6, 6.07) is 22.7. The van der Waals surface area contributed by atoms with Crippen LogP contribution in [0.4, 0.5) is 5.69 Å². The molecule has 4 aromatic rings. The lowest BCUT2D eigenvalue weighted by atomic mass is 10.1. The number of rotatable bonds is 7. The van der Waals surface area contributed by atoms with Gasteiger partial charge >= 0.3 is 0 Å². The molecule has 30 heavy (non-hydrogen) atoms. The van der Waals surface area contributed by atoms with Crippen LogP contribution in [0.15, 0.2) is 77.2 Å². The maximum Gasteiger partial charge on any atom is 0.255 e. The van der Waals surface area contributed by atoms with Crippen molar-refractivity contribution in [1.82, 2.24) is 4.98 Å². The molecular weight excluding hydrogens is 376 g/mol. The molecule has 1 amide bonds. The van der Waals surface area contributed by atoms with Gasteiger partial charge < -0.3 is 14.5 Å². The summed E-state index contributed by atoms with van der Waals surface area (Å²) in [4.78, 5) is 17.1. The van der Waals surface area contributed by atoms with E-state index in [0.717, 1.165) is 16.8 Å². The van der Waals surface area contributed by atoms with Crippen molar-refractivity contribution in [3.8, 4) is 5.75 Å². The zero-order valence-electron chi connectivity index (χ0n) is 17.1. The van der Waals surface area contributed by atoms with Gasteiger partial charge in [-0.25, -0.2) is 4.98 Å². The van der Waals surface area contributed by atoms with Gasteiger partial charge in [0.2, 0.25) is 0 Å². The molecule has 152 valence electrons. The standard InChI is InChI=1S/C25H24N2O3/c1-17(2)16-29-21-11-8-19(9-12-21)25(28)26-20-10-13-23-22(15-20)27-24(30-23)14-18-6-4-3-5-7-18/h3-13,15,17H,14,16H2,1-2H3,(H,26,28). The first kappa shape index (κ1) is 19.7. The maximum atomic E-state index is 12.6. The van der Waals surface area contributed by atoms with Crippen molar-refractivity contribution in [2.45, 2.75) is 20.3 Å². The molecule has 0 bridgehead atoms. The lowest BCUT2D eigenvalue weighted by Crippen LogP contribution is -2.12. The smallest absolute Gasteiger partial charge is 0.255 e. The molecule has 1 heterocycles. The second-order valence-electron chi connectivity index (χ2n) is 7.64. The fourth-order valence-corrected chi connectivity index (χ4v) is 3.07. The normalized spacial score (nSPS) is 11.0. The largest absolute Gasteiger partial charge is 0.493 e. The van der Waals surface area contributed by atoms with Crippen LogP contribution in [-0.4, -0.2) is 17.5 Å².